The van der Waals surface area contributed by atoms with E-state index in [1.165, 1.54) is 0 Å². The molecule has 0 spiro atoms. The van der Waals surface area contributed by atoms with Crippen LogP contribution in [0.4, 0.5) is 0 Å². The normalized spacial score (nSPS) is 16.6. The highest BCUT2D eigenvalue weighted by Crippen LogP contribution is 2.07. The minimum absolute atomic E-state index is 0.0657. The van der Waals surface area contributed by atoms with Crippen LogP contribution in [0.1, 0.15) is 13.8 Å². The van der Waals surface area contributed by atoms with Crippen LogP contribution in [0.2, 0.25) is 0 Å². The lowest BCUT2D eigenvalue weighted by Gasteiger charge is -2.34. The number of carboxylic acids is 1. The average molecular weight is 351 g/mol. The molecule has 9 heteroatoms. The molecule has 1 N–H and O–H groups in total. The number of hydrogen-bond acceptors (Lipinski definition) is 5. The van der Waals surface area contributed by atoms with Crippen molar-refractivity contribution in [2.75, 3.05) is 53.4 Å². The molecule has 1 fully saturated rings. The Kier molecular flexibility index (Phi) is 8.62. The van der Waals surface area contributed by atoms with Crippen LogP contribution in [0.25, 0.3) is 0 Å². The Bertz CT molecular complexity index is 537. The van der Waals surface area contributed by atoms with Crippen molar-refractivity contribution >= 4 is 11.9 Å². The van der Waals surface area contributed by atoms with Crippen molar-refractivity contribution < 1.29 is 9.90 Å². The van der Waals surface area contributed by atoms with E-state index >= 15 is 0 Å². The molecule has 0 amide bonds. The molecule has 0 atom stereocenters. The van der Waals surface area contributed by atoms with Crippen molar-refractivity contribution in [1.82, 2.24) is 19.9 Å². The highest BCUT2D eigenvalue weighted by Gasteiger charge is 2.21. The second-order valence-corrected chi connectivity index (χ2v) is 5.63. The number of carboxylic acid groups (broad SMARTS) is 1. The maximum absolute atomic E-state index is 10.8. The Morgan fingerprint density at radius 1 is 1.28 bits per heavy atom. The first kappa shape index (κ1) is 20.6. The molecule has 9 nitrogen and oxygen atoms in total. The monoisotopic (exact) mass is 351 g/mol. The van der Waals surface area contributed by atoms with Crippen LogP contribution in [0, 0.1) is 0 Å². The quantitative estimate of drug-likeness (QED) is 0.245. The van der Waals surface area contributed by atoms with Gasteiger partial charge in [0.05, 0.1) is 12.2 Å². The summed E-state index contributed by atoms with van der Waals surface area (Å²) < 4.78 is 0. The average Bonchev–Trinajstić information content (AvgIpc) is 2.58. The van der Waals surface area contributed by atoms with Crippen LogP contribution in [0.15, 0.2) is 39.8 Å². The zero-order valence-electron chi connectivity index (χ0n) is 15.6. The van der Waals surface area contributed by atoms with E-state index in [1.807, 2.05) is 42.8 Å². The summed E-state index contributed by atoms with van der Waals surface area (Å²) in [5.74, 6) is -0.240. The Morgan fingerprint density at radius 3 is 2.44 bits per heavy atom. The molecule has 25 heavy (non-hydrogen) atoms. The van der Waals surface area contributed by atoms with Gasteiger partial charge in [0.25, 0.3) is 0 Å². The highest BCUT2D eigenvalue weighted by atomic mass is 16.4. The number of rotatable bonds is 7. The van der Waals surface area contributed by atoms with Crippen molar-refractivity contribution in [3.63, 3.8) is 0 Å². The molecule has 0 unspecified atom stereocenters. The van der Waals surface area contributed by atoms with E-state index in [1.54, 1.807) is 17.2 Å². The first-order chi connectivity index (χ1) is 11.9. The summed E-state index contributed by atoms with van der Waals surface area (Å²) in [4.78, 5) is 19.1. The molecule has 140 valence electrons. The van der Waals surface area contributed by atoms with Crippen molar-refractivity contribution in [2.45, 2.75) is 13.8 Å². The van der Waals surface area contributed by atoms with Gasteiger partial charge in [0.15, 0.2) is 0 Å². The van der Waals surface area contributed by atoms with Crippen LogP contribution >= 0.6 is 0 Å². The number of hydrogen-bond donors (Lipinski definition) is 1. The number of piperazine rings is 1. The second kappa shape index (κ2) is 10.4. The van der Waals surface area contributed by atoms with E-state index in [0.29, 0.717) is 38.7 Å². The fourth-order valence-electron chi connectivity index (χ4n) is 2.28. The third kappa shape index (κ3) is 6.92. The third-order valence-corrected chi connectivity index (χ3v) is 3.79. The van der Waals surface area contributed by atoms with E-state index < -0.39 is 5.97 Å². The minimum atomic E-state index is -0.804. The number of carbonyl (C=O) groups is 1. The number of likely N-dealkylation sites (N-methyl/N-ethyl adjacent to an activating group) is 1. The molecular formula is C16H29N7O2. The lowest BCUT2D eigenvalue weighted by atomic mass is 10.3. The van der Waals surface area contributed by atoms with Gasteiger partial charge in [0.2, 0.25) is 5.96 Å². The predicted octanol–water partition coefficient (Wildman–Crippen LogP) is 1.30. The van der Waals surface area contributed by atoms with Crippen molar-refractivity contribution in [3.8, 4) is 0 Å². The van der Waals surface area contributed by atoms with Gasteiger partial charge in [-0.15, -0.1) is 0 Å². The SMILES string of the molecule is C=C(/C=C\C)N(C)N(C)/N=N\C(=N/CC)N1CCN(CC(=O)O)CC1. The number of nitrogens with zero attached hydrogens (tertiary/aromatic N) is 7. The second-order valence-electron chi connectivity index (χ2n) is 5.63. The Morgan fingerprint density at radius 2 is 1.92 bits per heavy atom. The fraction of sp³-hybridized carbons (Fsp3) is 0.625. The van der Waals surface area contributed by atoms with Gasteiger partial charge in [-0.3, -0.25) is 19.7 Å². The summed E-state index contributed by atoms with van der Waals surface area (Å²) >= 11 is 0. The molecular weight excluding hydrogens is 322 g/mol. The summed E-state index contributed by atoms with van der Waals surface area (Å²) in [6.07, 6.45) is 3.79. The Hall–Kier alpha value is -2.42. The van der Waals surface area contributed by atoms with Crippen molar-refractivity contribution in [3.05, 3.63) is 24.4 Å². The fourth-order valence-corrected chi connectivity index (χ4v) is 2.28. The molecule has 1 heterocycles. The predicted molar refractivity (Wildman–Crippen MR) is 98.0 cm³/mol. The maximum atomic E-state index is 10.8. The minimum Gasteiger partial charge on any atom is -0.480 e. The molecule has 1 rings (SSSR count). The number of guanidine groups is 1. The molecule has 0 aliphatic carbocycles. The van der Waals surface area contributed by atoms with Gasteiger partial charge >= 0.3 is 5.97 Å². The molecule has 0 aromatic rings. The molecule has 0 bridgehead atoms. The van der Waals surface area contributed by atoms with Crippen LogP contribution in [-0.4, -0.2) is 90.3 Å². The number of aliphatic carboxylic acids is 1. The van der Waals surface area contributed by atoms with Gasteiger partial charge in [0, 0.05) is 46.8 Å². The number of allylic oxidation sites excluding steroid dienone is 2. The van der Waals surface area contributed by atoms with Crippen LogP contribution in [0.3, 0.4) is 0 Å². The smallest absolute Gasteiger partial charge is 0.317 e. The van der Waals surface area contributed by atoms with Gasteiger partial charge in [-0.2, -0.15) is 5.12 Å². The third-order valence-electron chi connectivity index (χ3n) is 3.79. The summed E-state index contributed by atoms with van der Waals surface area (Å²) in [6, 6.07) is 0. The van der Waals surface area contributed by atoms with Crippen LogP contribution < -0.4 is 0 Å². The van der Waals surface area contributed by atoms with E-state index in [0.717, 1.165) is 5.70 Å². The zero-order valence-corrected chi connectivity index (χ0v) is 15.6. The summed E-state index contributed by atoms with van der Waals surface area (Å²) in [7, 11) is 3.63. The van der Waals surface area contributed by atoms with Gasteiger partial charge in [-0.25, -0.2) is 0 Å². The van der Waals surface area contributed by atoms with Gasteiger partial charge in [-0.1, -0.05) is 17.8 Å². The molecule has 0 aromatic heterocycles. The first-order valence-electron chi connectivity index (χ1n) is 8.33. The molecule has 1 aliphatic heterocycles. The molecule has 1 saturated heterocycles. The maximum Gasteiger partial charge on any atom is 0.317 e. The van der Waals surface area contributed by atoms with Crippen LogP contribution in [-0.2, 0) is 4.79 Å². The van der Waals surface area contributed by atoms with Gasteiger partial charge in [-0.05, 0) is 25.1 Å². The molecule has 0 radical (unpaired) electrons. The number of hydrazine groups is 1. The molecule has 0 aromatic carbocycles. The topological polar surface area (TPSA) is 87.3 Å². The van der Waals surface area contributed by atoms with E-state index in [2.05, 4.69) is 21.9 Å². The molecule has 0 saturated carbocycles. The zero-order chi connectivity index (χ0) is 18.8. The Labute approximate surface area is 149 Å². The summed E-state index contributed by atoms with van der Waals surface area (Å²) in [6.45, 7) is 11.2. The van der Waals surface area contributed by atoms with Gasteiger partial charge in [0.1, 0.15) is 0 Å². The van der Waals surface area contributed by atoms with E-state index in [-0.39, 0.29) is 6.54 Å². The van der Waals surface area contributed by atoms with E-state index in [9.17, 15) is 4.79 Å². The lowest BCUT2D eigenvalue weighted by Crippen LogP contribution is -2.49. The largest absolute Gasteiger partial charge is 0.480 e. The van der Waals surface area contributed by atoms with Crippen molar-refractivity contribution in [2.24, 2.45) is 15.3 Å². The van der Waals surface area contributed by atoms with E-state index in [4.69, 9.17) is 5.11 Å². The van der Waals surface area contributed by atoms with Crippen molar-refractivity contribution in [1.29, 1.82) is 0 Å². The standard InChI is InChI=1S/C16H29N7O2/c1-6-8-14(3)20(4)21(5)19-18-16(17-7-2)23-11-9-22(10-12-23)13-15(24)25/h6,8H,3,7,9-13H2,1-2,4-5H3,(H,24,25)/b8-6-,17-16+,19-18-. The first-order valence-corrected chi connectivity index (χ1v) is 8.33. The lowest BCUT2D eigenvalue weighted by molar-refractivity contribution is -0.138. The Balaban J connectivity index is 2.67. The highest BCUT2D eigenvalue weighted by molar-refractivity contribution is 5.80. The number of aliphatic imine (C=N–C) groups is 1. The van der Waals surface area contributed by atoms with Crippen LogP contribution in [0.5, 0.6) is 0 Å². The molecule has 1 aliphatic rings. The summed E-state index contributed by atoms with van der Waals surface area (Å²) in [5, 5.41) is 20.7. The summed E-state index contributed by atoms with van der Waals surface area (Å²) in [5.41, 5.74) is 0.792. The van der Waals surface area contributed by atoms with Gasteiger partial charge < -0.3 is 10.0 Å².